The van der Waals surface area contributed by atoms with Crippen molar-refractivity contribution in [1.82, 2.24) is 0 Å². The maximum absolute atomic E-state index is 2.77. The van der Waals surface area contributed by atoms with Crippen molar-refractivity contribution in [2.24, 2.45) is 0 Å². The number of thiophene rings is 1. The molecule has 0 saturated heterocycles. The fourth-order valence-electron chi connectivity index (χ4n) is 14.4. The standard InChI is InChI=1S/C69H83BN2S2/c1-63(2,3)43-23-25-44(26-24-43)72-57-36-42(46-21-19-20-22-59(46)74(16,17)18)35-56-61(57)70(60-47-38-50-53(41-58(47)73-62(60)72)69(14,15)34-31-66(50,8)9)54-39-51-52(68(12,13)33-32-67(51,10)11)40-55(54)71(56)45-27-28-48-49(37-45)65(6,7)30-29-64(48,4)5/h19-28,35-41H,29-34H2,1-18H3. The maximum atomic E-state index is 2.77. The molecule has 1 aromatic heterocycles. The predicted molar refractivity (Wildman–Crippen MR) is 329 cm³/mol. The van der Waals surface area contributed by atoms with Crippen molar-refractivity contribution in [2.75, 3.05) is 28.6 Å². The number of fused-ring (bicyclic) bond motifs is 9. The average Bonchev–Trinajstić information content (AvgIpc) is 3.70. The number of nitrogens with zero attached hydrogens (tertiary/aromatic N) is 2. The number of benzene rings is 6. The Morgan fingerprint density at radius 3 is 1.53 bits per heavy atom. The lowest BCUT2D eigenvalue weighted by atomic mass is 9.33. The van der Waals surface area contributed by atoms with Gasteiger partial charge in [0.1, 0.15) is 0 Å². The van der Waals surface area contributed by atoms with E-state index < -0.39 is 10.0 Å². The molecule has 3 aliphatic carbocycles. The molecule has 0 spiro atoms. The van der Waals surface area contributed by atoms with E-state index in [-0.39, 0.29) is 44.6 Å². The molecule has 7 aromatic rings. The second-order valence-corrected chi connectivity index (χ2v) is 34.5. The average molecular weight is 1020 g/mol. The van der Waals surface area contributed by atoms with Gasteiger partial charge in [0, 0.05) is 33.1 Å². The van der Waals surface area contributed by atoms with E-state index in [2.05, 4.69) is 236 Å². The normalized spacial score (nSPS) is 20.5. The Morgan fingerprint density at radius 1 is 0.473 bits per heavy atom. The van der Waals surface area contributed by atoms with Crippen LogP contribution < -0.4 is 26.2 Å². The van der Waals surface area contributed by atoms with Crippen molar-refractivity contribution >= 4 is 88.0 Å². The van der Waals surface area contributed by atoms with Crippen LogP contribution in [0.2, 0.25) is 0 Å². The van der Waals surface area contributed by atoms with Gasteiger partial charge in [0.25, 0.3) is 6.71 Å². The Bertz CT molecular complexity index is 3490. The second kappa shape index (κ2) is 15.9. The van der Waals surface area contributed by atoms with Gasteiger partial charge in [-0.25, -0.2) is 10.0 Å². The van der Waals surface area contributed by atoms with Crippen molar-refractivity contribution in [1.29, 1.82) is 0 Å². The SMILES string of the molecule is CC(C)(C)c1ccc(N2c3cc(-c4ccccc4S(C)(C)C)cc4c3B(c3cc5c(cc3N4c3ccc4c(c3)C(C)(C)CCC4(C)C)C(C)(C)CCC5(C)C)c3c2sc2cc4c(cc32)C(C)(C)CCC4(C)C)cc1. The highest BCUT2D eigenvalue weighted by molar-refractivity contribution is 8.32. The predicted octanol–water partition coefficient (Wildman–Crippen LogP) is 18.0. The Labute approximate surface area is 452 Å². The molecule has 384 valence electrons. The molecule has 3 heterocycles. The molecule has 0 unspecified atom stereocenters. The molecule has 0 fully saturated rings. The van der Waals surface area contributed by atoms with Crippen LogP contribution in [0.4, 0.5) is 33.4 Å². The van der Waals surface area contributed by atoms with Crippen LogP contribution in [-0.4, -0.2) is 25.5 Å². The first kappa shape index (κ1) is 50.1. The zero-order chi connectivity index (χ0) is 52.8. The summed E-state index contributed by atoms with van der Waals surface area (Å²) >= 11 is 2.04. The molecule has 0 radical (unpaired) electrons. The van der Waals surface area contributed by atoms with E-state index in [0.717, 1.165) is 0 Å². The molecule has 0 N–H and O–H groups in total. The van der Waals surface area contributed by atoms with Crippen LogP contribution >= 0.6 is 21.4 Å². The minimum Gasteiger partial charge on any atom is -0.311 e. The largest absolute Gasteiger partial charge is 0.311 e. The molecular formula is C69H83BN2S2. The van der Waals surface area contributed by atoms with E-state index in [0.29, 0.717) is 0 Å². The summed E-state index contributed by atoms with van der Waals surface area (Å²) in [5.41, 5.74) is 24.4. The van der Waals surface area contributed by atoms with Crippen LogP contribution in [0.25, 0.3) is 21.2 Å². The van der Waals surface area contributed by atoms with Crippen molar-refractivity contribution in [2.45, 2.75) is 185 Å². The zero-order valence-corrected chi connectivity index (χ0v) is 50.0. The lowest BCUT2D eigenvalue weighted by Gasteiger charge is -2.47. The molecule has 2 aliphatic heterocycles. The van der Waals surface area contributed by atoms with Crippen molar-refractivity contribution in [3.63, 3.8) is 0 Å². The van der Waals surface area contributed by atoms with E-state index in [9.17, 15) is 0 Å². The van der Waals surface area contributed by atoms with Crippen molar-refractivity contribution in [3.8, 4) is 11.1 Å². The van der Waals surface area contributed by atoms with E-state index in [4.69, 9.17) is 0 Å². The third-order valence-corrected chi connectivity index (χ3v) is 22.4. The number of rotatable bonds is 4. The summed E-state index contributed by atoms with van der Waals surface area (Å²) in [6.07, 6.45) is 14.5. The Morgan fingerprint density at radius 2 is 0.959 bits per heavy atom. The van der Waals surface area contributed by atoms with Crippen LogP contribution in [0.1, 0.15) is 181 Å². The summed E-state index contributed by atoms with van der Waals surface area (Å²) in [4.78, 5) is 6.95. The number of hydrogen-bond acceptors (Lipinski definition) is 3. The summed E-state index contributed by atoms with van der Waals surface area (Å²) < 4.78 is 1.41. The molecule has 6 aromatic carbocycles. The molecular weight excluding hydrogens is 932 g/mol. The molecule has 12 rings (SSSR count). The minimum atomic E-state index is -1.11. The molecule has 74 heavy (non-hydrogen) atoms. The summed E-state index contributed by atoms with van der Waals surface area (Å²) in [5, 5.41) is 2.80. The topological polar surface area (TPSA) is 6.48 Å². The molecule has 2 nitrogen and oxygen atoms in total. The molecule has 0 bridgehead atoms. The van der Waals surface area contributed by atoms with E-state index in [1.54, 1.807) is 0 Å². The zero-order valence-electron chi connectivity index (χ0n) is 48.3. The third-order valence-electron chi connectivity index (χ3n) is 19.6. The summed E-state index contributed by atoms with van der Waals surface area (Å²) in [7, 11) is -1.11. The van der Waals surface area contributed by atoms with Gasteiger partial charge in [0.15, 0.2) is 0 Å². The summed E-state index contributed by atoms with van der Waals surface area (Å²) in [5.74, 6) is 0. The molecule has 0 amide bonds. The van der Waals surface area contributed by atoms with Gasteiger partial charge in [-0.2, -0.15) is 0 Å². The highest BCUT2D eigenvalue weighted by atomic mass is 32.3. The van der Waals surface area contributed by atoms with Crippen LogP contribution in [0.5, 0.6) is 0 Å². The van der Waals surface area contributed by atoms with Gasteiger partial charge in [0.2, 0.25) is 0 Å². The number of anilines is 6. The third kappa shape index (κ3) is 7.52. The highest BCUT2D eigenvalue weighted by Crippen LogP contribution is 2.57. The van der Waals surface area contributed by atoms with Crippen LogP contribution in [0.15, 0.2) is 108 Å². The summed E-state index contributed by atoms with van der Waals surface area (Å²) in [6, 6.07) is 42.7. The summed E-state index contributed by atoms with van der Waals surface area (Å²) in [6.45, 7) is 37.0. The molecule has 0 atom stereocenters. The van der Waals surface area contributed by atoms with E-state index in [1.165, 1.54) is 153 Å². The highest BCUT2D eigenvalue weighted by Gasteiger charge is 2.49. The Balaban J connectivity index is 1.27. The Hall–Kier alpha value is -4.71. The maximum Gasteiger partial charge on any atom is 0.254 e. The van der Waals surface area contributed by atoms with Gasteiger partial charge in [-0.05, 0) is 233 Å². The Kier molecular flexibility index (Phi) is 10.8. The minimum absolute atomic E-state index is 0.0227. The quantitative estimate of drug-likeness (QED) is 0.162. The van der Waals surface area contributed by atoms with Gasteiger partial charge in [0.05, 0.1) is 5.00 Å². The van der Waals surface area contributed by atoms with Gasteiger partial charge in [-0.15, -0.1) is 11.3 Å². The lowest BCUT2D eigenvalue weighted by molar-refractivity contribution is 0.332. The lowest BCUT2D eigenvalue weighted by Crippen LogP contribution is -2.61. The second-order valence-electron chi connectivity index (χ2n) is 29.4. The van der Waals surface area contributed by atoms with Crippen molar-refractivity contribution < 1.29 is 0 Å². The first-order chi connectivity index (χ1) is 34.4. The fraction of sp³-hybridized carbons (Fsp3) is 0.449. The monoisotopic (exact) mass is 1010 g/mol. The molecule has 5 aliphatic rings. The van der Waals surface area contributed by atoms with E-state index >= 15 is 0 Å². The van der Waals surface area contributed by atoms with Gasteiger partial charge in [-0.1, -0.05) is 146 Å². The number of hydrogen-bond donors (Lipinski definition) is 0. The van der Waals surface area contributed by atoms with Gasteiger partial charge >= 0.3 is 0 Å². The first-order valence-corrected chi connectivity index (χ1v) is 31.7. The van der Waals surface area contributed by atoms with Crippen LogP contribution in [0, 0.1) is 0 Å². The van der Waals surface area contributed by atoms with Gasteiger partial charge < -0.3 is 9.80 Å². The van der Waals surface area contributed by atoms with Crippen LogP contribution in [-0.2, 0) is 37.9 Å². The molecule has 5 heteroatoms. The van der Waals surface area contributed by atoms with Crippen LogP contribution in [0.3, 0.4) is 0 Å². The molecule has 0 saturated carbocycles. The first-order valence-electron chi connectivity index (χ1n) is 28.0. The van der Waals surface area contributed by atoms with E-state index in [1.807, 2.05) is 11.3 Å². The fourth-order valence-corrected chi connectivity index (χ4v) is 17.0. The van der Waals surface area contributed by atoms with Gasteiger partial charge in [-0.3, -0.25) is 0 Å². The smallest absolute Gasteiger partial charge is 0.254 e. The van der Waals surface area contributed by atoms with Crippen molar-refractivity contribution in [3.05, 3.63) is 142 Å².